The Kier molecular flexibility index (Phi) is 17.9. The molecule has 4 aliphatic carbocycles. The number of carbonyl (C=O) groups excluding carboxylic acids is 1. The van der Waals surface area contributed by atoms with Crippen molar-refractivity contribution in [3.63, 3.8) is 0 Å². The zero-order valence-electron chi connectivity index (χ0n) is 46.5. The van der Waals surface area contributed by atoms with Crippen molar-refractivity contribution in [2.24, 2.45) is 52.3 Å². The van der Waals surface area contributed by atoms with Gasteiger partial charge in [-0.3, -0.25) is 4.79 Å². The van der Waals surface area contributed by atoms with E-state index in [1.165, 1.54) is 6.92 Å². The maximum absolute atomic E-state index is 14.9. The van der Waals surface area contributed by atoms with Gasteiger partial charge in [0.15, 0.2) is 37.2 Å². The van der Waals surface area contributed by atoms with Crippen molar-refractivity contribution in [1.29, 1.82) is 0 Å². The second kappa shape index (κ2) is 23.6. The van der Waals surface area contributed by atoms with E-state index in [0.717, 1.165) is 32.1 Å². The molecule has 7 heterocycles. The minimum absolute atomic E-state index is 0.0489. The van der Waals surface area contributed by atoms with E-state index >= 15 is 0 Å². The fraction of sp³-hybridized carbons (Fsp3) is 0.982. The van der Waals surface area contributed by atoms with Gasteiger partial charge in [0.25, 0.3) is 0 Å². The van der Waals surface area contributed by atoms with Crippen molar-refractivity contribution in [2.75, 3.05) is 33.0 Å². The van der Waals surface area contributed by atoms with Gasteiger partial charge in [-0.1, -0.05) is 27.7 Å². The first-order valence-electron chi connectivity index (χ1n) is 29.5. The quantitative estimate of drug-likeness (QED) is 0.0840. The van der Waals surface area contributed by atoms with Crippen LogP contribution in [0.2, 0.25) is 0 Å². The second-order valence-corrected chi connectivity index (χ2v) is 26.1. The van der Waals surface area contributed by atoms with Gasteiger partial charge in [0.1, 0.15) is 110 Å². The summed E-state index contributed by atoms with van der Waals surface area (Å²) in [4.78, 5) is 14.9. The molecule has 0 radical (unpaired) electrons. The Morgan fingerprint density at radius 3 is 1.79 bits per heavy atom. The van der Waals surface area contributed by atoms with Crippen LogP contribution >= 0.6 is 0 Å². The largest absolute Gasteiger partial charge is 0.394 e. The monoisotopic (exact) mass is 1160 g/mol. The molecule has 11 rings (SSSR count). The van der Waals surface area contributed by atoms with Gasteiger partial charge >= 0.3 is 0 Å². The second-order valence-electron chi connectivity index (χ2n) is 26.1. The van der Waals surface area contributed by atoms with Crippen LogP contribution in [0.5, 0.6) is 0 Å². The molecule has 11 aliphatic rings. The van der Waals surface area contributed by atoms with Crippen LogP contribution in [0.3, 0.4) is 0 Å². The number of ketones is 1. The first-order chi connectivity index (χ1) is 38.4. The molecule has 464 valence electrons. The van der Waals surface area contributed by atoms with Crippen LogP contribution in [-0.2, 0) is 61.6 Å². The third-order valence-electron chi connectivity index (χ3n) is 21.6. The number of fused-ring (bicyclic) bond motifs is 7. The van der Waals surface area contributed by atoms with Gasteiger partial charge in [-0.15, -0.1) is 0 Å². The smallest absolute Gasteiger partial charge is 0.187 e. The lowest BCUT2D eigenvalue weighted by Gasteiger charge is -2.61. The molecule has 7 aliphatic heterocycles. The number of hydrogen-bond donors (Lipinski definition) is 13. The van der Waals surface area contributed by atoms with E-state index in [1.54, 1.807) is 0 Å². The molecule has 11 fully saturated rings. The molecule has 4 saturated carbocycles. The summed E-state index contributed by atoms with van der Waals surface area (Å²) in [6.45, 7) is 8.12. The van der Waals surface area contributed by atoms with Gasteiger partial charge in [-0.05, 0) is 86.9 Å². The standard InChI is InChI=1S/C55H88O26/c1-20-8-11-55(72-17-20)21(2)34-30(81-55)13-27-25-7-6-23-12-24(9-10-53(23,4)26(25)14-33(60)54(27,34)5)74-51-46(79-50-42(68)39(65)35(61)22(3)73-50)43(69)44(32(16-57)76-51)77-52-47(80-49-41(67)37(63)29(59)19-71-49)45(38(64)31(15-56)75-52)78-48-40(66)36(62)28(58)18-70-48/h20-32,34-52,56-59,61-69H,6-19H2,1-5H3/t20-,21+,22+,23+,24+,25-,26+,27+,28-,29+,30+,31-,32-,34+,35+,36+,37+,38-,39-,40-,41-,42-,43+,44+,45+,46-,47-,48+,49+,50+,51-,52+,53+,54-,55-/m1/s1. The molecular weight excluding hydrogens is 1080 g/mol. The maximum Gasteiger partial charge on any atom is 0.187 e. The van der Waals surface area contributed by atoms with Gasteiger partial charge in [0.2, 0.25) is 0 Å². The number of carbonyl (C=O) groups is 1. The van der Waals surface area contributed by atoms with Crippen LogP contribution in [0.4, 0.5) is 0 Å². The number of aliphatic hydroxyl groups is 13. The molecule has 0 unspecified atom stereocenters. The lowest BCUT2D eigenvalue weighted by Crippen LogP contribution is -2.68. The number of ether oxygens (including phenoxy) is 12. The fourth-order valence-corrected chi connectivity index (χ4v) is 16.7. The molecule has 13 N–H and O–H groups in total. The minimum atomic E-state index is -1.95. The van der Waals surface area contributed by atoms with E-state index in [0.29, 0.717) is 49.9 Å². The van der Waals surface area contributed by atoms with Crippen molar-refractivity contribution >= 4 is 5.78 Å². The zero-order chi connectivity index (χ0) is 57.9. The number of aliphatic hydroxyl groups excluding tert-OH is 13. The maximum atomic E-state index is 14.9. The van der Waals surface area contributed by atoms with Gasteiger partial charge < -0.3 is 123 Å². The first kappa shape index (κ1) is 61.3. The normalized spacial score (nSPS) is 57.6. The number of Topliss-reactive ketones (excluding diaryl/α,β-unsaturated/α-hetero) is 1. The van der Waals surface area contributed by atoms with Crippen LogP contribution in [0.25, 0.3) is 0 Å². The number of rotatable bonds is 12. The molecule has 26 heteroatoms. The minimum Gasteiger partial charge on any atom is -0.394 e. The molecule has 1 spiro atoms. The van der Waals surface area contributed by atoms with Gasteiger partial charge in [-0.25, -0.2) is 0 Å². The van der Waals surface area contributed by atoms with E-state index in [4.69, 9.17) is 56.8 Å². The molecule has 0 aromatic carbocycles. The Morgan fingerprint density at radius 2 is 1.15 bits per heavy atom. The summed E-state index contributed by atoms with van der Waals surface area (Å²) in [5.41, 5.74) is -0.751. The highest BCUT2D eigenvalue weighted by Gasteiger charge is 2.72. The average molecular weight is 1170 g/mol. The van der Waals surface area contributed by atoms with Crippen molar-refractivity contribution in [2.45, 2.75) is 252 Å². The molecule has 0 bridgehead atoms. The molecule has 7 saturated heterocycles. The summed E-state index contributed by atoms with van der Waals surface area (Å²) in [6, 6.07) is 0. The van der Waals surface area contributed by atoms with E-state index in [1.807, 2.05) is 0 Å². The summed E-state index contributed by atoms with van der Waals surface area (Å²) in [5, 5.41) is 142. The SMILES string of the molecule is C[C@@H]1CC[C@@]2(OC1)O[C@H]1C[C@H]3[C@@H]4CC[C@H]5C[C@@H](O[C@@H]6O[C@H](CO)[C@H](O[C@@H]7O[C@H](CO)[C@@H](O)[C@H](O[C@@H]8OC[C@@H](O)[C@H](O)[C@H]8O)[C@H]7O[C@@H]7OC[C@H](O)[C@H](O)[C@H]7O)[C@H](O)[C@H]6O[C@@H]6O[C@@H](C)[C@H](O)[C@@H](O)[C@H]6O)CC[C@]5(C)[C@H]4CC(=O)[C@]3(C)[C@H]1[C@@H]2C. The topological polar surface area (TPSA) is 391 Å². The number of hydrogen-bond acceptors (Lipinski definition) is 26. The predicted octanol–water partition coefficient (Wildman–Crippen LogP) is -3.60. The highest BCUT2D eigenvalue weighted by atomic mass is 16.8. The lowest BCUT2D eigenvalue weighted by molar-refractivity contribution is -0.408. The Balaban J connectivity index is 0.837. The van der Waals surface area contributed by atoms with Gasteiger partial charge in [0, 0.05) is 30.1 Å². The molecule has 0 aromatic heterocycles. The Morgan fingerprint density at radius 1 is 0.543 bits per heavy atom. The molecular formula is C55H88O26. The summed E-state index contributed by atoms with van der Waals surface area (Å²) in [5.74, 6) is 0.997. The highest BCUT2D eigenvalue weighted by Crippen LogP contribution is 2.70. The molecule has 0 aromatic rings. The van der Waals surface area contributed by atoms with Gasteiger partial charge in [-0.2, -0.15) is 0 Å². The van der Waals surface area contributed by atoms with E-state index in [2.05, 4.69) is 27.7 Å². The van der Waals surface area contributed by atoms with Crippen LogP contribution in [-0.4, -0.2) is 265 Å². The summed E-state index contributed by atoms with van der Waals surface area (Å²) in [6.07, 6.45) is -33.6. The van der Waals surface area contributed by atoms with Crippen molar-refractivity contribution in [3.8, 4) is 0 Å². The molecule has 26 nitrogen and oxygen atoms in total. The Labute approximate surface area is 469 Å². The Bertz CT molecular complexity index is 2160. The predicted molar refractivity (Wildman–Crippen MR) is 268 cm³/mol. The first-order valence-corrected chi connectivity index (χ1v) is 29.5. The average Bonchev–Trinajstić information content (AvgIpc) is 3.61. The third-order valence-corrected chi connectivity index (χ3v) is 21.6. The van der Waals surface area contributed by atoms with E-state index in [9.17, 15) is 71.2 Å². The summed E-state index contributed by atoms with van der Waals surface area (Å²) < 4.78 is 74.5. The highest BCUT2D eigenvalue weighted by molar-refractivity contribution is 5.87. The lowest BCUT2D eigenvalue weighted by atomic mass is 9.44. The van der Waals surface area contributed by atoms with Crippen LogP contribution in [0.15, 0.2) is 0 Å². The van der Waals surface area contributed by atoms with E-state index < -0.39 is 185 Å². The van der Waals surface area contributed by atoms with Crippen LogP contribution in [0.1, 0.15) is 92.4 Å². The molecule has 0 amide bonds. The van der Waals surface area contributed by atoms with Crippen molar-refractivity contribution in [3.05, 3.63) is 0 Å². The summed E-state index contributed by atoms with van der Waals surface area (Å²) in [7, 11) is 0. The van der Waals surface area contributed by atoms with Crippen molar-refractivity contribution in [1.82, 2.24) is 0 Å². The third kappa shape index (κ3) is 10.6. The summed E-state index contributed by atoms with van der Waals surface area (Å²) >= 11 is 0. The van der Waals surface area contributed by atoms with Crippen LogP contribution < -0.4 is 0 Å². The molecule has 35 atom stereocenters. The zero-order valence-corrected chi connectivity index (χ0v) is 46.5. The van der Waals surface area contributed by atoms with Crippen molar-refractivity contribution < 1.29 is 128 Å². The van der Waals surface area contributed by atoms with Gasteiger partial charge in [0.05, 0.1) is 51.3 Å². The van der Waals surface area contributed by atoms with E-state index in [-0.39, 0.29) is 41.1 Å². The Hall–Kier alpha value is -1.33. The molecule has 81 heavy (non-hydrogen) atoms. The fourth-order valence-electron chi connectivity index (χ4n) is 16.7. The van der Waals surface area contributed by atoms with Crippen LogP contribution in [0, 0.1) is 52.3 Å².